The standard InChI is InChI=1S/C31H41N2O5P/c1-30(2)24-14-8-10-16-26(24)32(20-12-22-34)28(30)18-6-5-7-19-29-31(3,4)25-15-9-11-17-27(25)33(29)21-13-23-38-39(35,36)37/h5-6,8-11,14-19,34H,7,12-13,20-23H2,1-4H3,(H2,35,36,37)/b6-5-,28-18+,29-19+. The molecule has 4 rings (SSSR count). The van der Waals surface area contributed by atoms with Gasteiger partial charge in [0.15, 0.2) is 0 Å². The minimum atomic E-state index is -4.47. The van der Waals surface area contributed by atoms with E-state index in [-0.39, 0.29) is 24.0 Å². The molecule has 2 heterocycles. The van der Waals surface area contributed by atoms with Crippen LogP contribution < -0.4 is 9.80 Å². The number of benzene rings is 2. The van der Waals surface area contributed by atoms with E-state index in [0.717, 1.165) is 18.7 Å². The monoisotopic (exact) mass is 552 g/mol. The Labute approximate surface area is 232 Å². The normalized spacial score (nSPS) is 19.9. The Morgan fingerprint density at radius 2 is 1.38 bits per heavy atom. The van der Waals surface area contributed by atoms with E-state index >= 15 is 0 Å². The Balaban J connectivity index is 1.53. The fourth-order valence-corrected chi connectivity index (χ4v) is 6.25. The van der Waals surface area contributed by atoms with Crippen molar-refractivity contribution in [2.24, 2.45) is 0 Å². The molecule has 0 atom stereocenters. The highest BCUT2D eigenvalue weighted by molar-refractivity contribution is 7.46. The van der Waals surface area contributed by atoms with Crippen molar-refractivity contribution < 1.29 is 24.0 Å². The highest BCUT2D eigenvalue weighted by Crippen LogP contribution is 2.49. The van der Waals surface area contributed by atoms with Gasteiger partial charge >= 0.3 is 7.82 Å². The van der Waals surface area contributed by atoms with Gasteiger partial charge in [-0.05, 0) is 48.6 Å². The van der Waals surface area contributed by atoms with Crippen molar-refractivity contribution in [3.05, 3.63) is 95.4 Å². The number of rotatable bonds is 11. The van der Waals surface area contributed by atoms with Gasteiger partial charge in [0.25, 0.3) is 0 Å². The number of fused-ring (bicyclic) bond motifs is 2. The summed E-state index contributed by atoms with van der Waals surface area (Å²) in [6.45, 7) is 10.5. The number of anilines is 2. The number of phosphoric ester groups is 1. The van der Waals surface area contributed by atoms with Gasteiger partial charge in [-0.3, -0.25) is 4.52 Å². The number of allylic oxidation sites excluding steroid dienone is 6. The highest BCUT2D eigenvalue weighted by atomic mass is 31.2. The van der Waals surface area contributed by atoms with Crippen molar-refractivity contribution in [1.29, 1.82) is 0 Å². The van der Waals surface area contributed by atoms with Gasteiger partial charge in [0, 0.05) is 53.3 Å². The van der Waals surface area contributed by atoms with E-state index in [1.807, 2.05) is 6.07 Å². The molecule has 0 saturated heterocycles. The first-order valence-electron chi connectivity index (χ1n) is 13.6. The molecular formula is C31H41N2O5P. The maximum Gasteiger partial charge on any atom is 0.469 e. The topological polar surface area (TPSA) is 93.5 Å². The molecule has 2 aromatic carbocycles. The van der Waals surface area contributed by atoms with Crippen LogP contribution in [0.5, 0.6) is 0 Å². The second-order valence-corrected chi connectivity index (χ2v) is 12.4. The van der Waals surface area contributed by atoms with Gasteiger partial charge in [-0.1, -0.05) is 82.3 Å². The average Bonchev–Trinajstić information content (AvgIpc) is 3.23. The Kier molecular flexibility index (Phi) is 8.89. The predicted octanol–water partition coefficient (Wildman–Crippen LogP) is 6.18. The second-order valence-electron chi connectivity index (χ2n) is 11.1. The third kappa shape index (κ3) is 6.24. The molecule has 210 valence electrons. The largest absolute Gasteiger partial charge is 0.469 e. The fraction of sp³-hybridized carbons (Fsp3) is 0.419. The molecule has 7 nitrogen and oxygen atoms in total. The number of aliphatic hydroxyl groups excluding tert-OH is 1. The van der Waals surface area contributed by atoms with E-state index in [4.69, 9.17) is 9.79 Å². The quantitative estimate of drug-likeness (QED) is 0.227. The van der Waals surface area contributed by atoms with Crippen molar-refractivity contribution >= 4 is 19.2 Å². The molecule has 3 N–H and O–H groups in total. The smallest absolute Gasteiger partial charge is 0.396 e. The van der Waals surface area contributed by atoms with E-state index in [1.165, 1.54) is 28.2 Å². The molecule has 0 unspecified atom stereocenters. The summed E-state index contributed by atoms with van der Waals surface area (Å²) in [5, 5.41) is 9.46. The molecule has 2 aromatic rings. The number of hydrogen-bond acceptors (Lipinski definition) is 5. The van der Waals surface area contributed by atoms with Crippen LogP contribution in [0.4, 0.5) is 11.4 Å². The van der Waals surface area contributed by atoms with Gasteiger partial charge in [-0.15, -0.1) is 0 Å². The Morgan fingerprint density at radius 1 is 0.846 bits per heavy atom. The molecule has 0 fully saturated rings. The molecule has 2 aliphatic heterocycles. The first-order chi connectivity index (χ1) is 18.5. The van der Waals surface area contributed by atoms with Gasteiger partial charge < -0.3 is 24.7 Å². The zero-order valence-corrected chi connectivity index (χ0v) is 24.3. The first kappa shape index (κ1) is 29.3. The van der Waals surface area contributed by atoms with Gasteiger partial charge in [-0.2, -0.15) is 0 Å². The van der Waals surface area contributed by atoms with Crippen LogP contribution in [0.3, 0.4) is 0 Å². The summed E-state index contributed by atoms with van der Waals surface area (Å²) in [4.78, 5) is 22.6. The summed E-state index contributed by atoms with van der Waals surface area (Å²) < 4.78 is 15.8. The van der Waals surface area contributed by atoms with Crippen LogP contribution in [0.25, 0.3) is 0 Å². The first-order valence-corrected chi connectivity index (χ1v) is 15.1. The van der Waals surface area contributed by atoms with Gasteiger partial charge in [-0.25, -0.2) is 4.57 Å². The minimum absolute atomic E-state index is 0.00488. The van der Waals surface area contributed by atoms with Crippen LogP contribution in [0, 0.1) is 0 Å². The minimum Gasteiger partial charge on any atom is -0.396 e. The number of para-hydroxylation sites is 2. The SMILES string of the molecule is CC1(C)/C(=C\C=C/C/C=C2/N(CCCOP(=O)(O)O)c3ccccc3C2(C)C)N(CCCO)c2ccccc21. The lowest BCUT2D eigenvalue weighted by Crippen LogP contribution is -2.27. The molecule has 0 saturated carbocycles. The second kappa shape index (κ2) is 11.8. The summed E-state index contributed by atoms with van der Waals surface area (Å²) in [6.07, 6.45) is 10.7. The third-order valence-corrected chi connectivity index (χ3v) is 8.28. The number of nitrogens with zero attached hydrogens (tertiary/aromatic N) is 2. The molecule has 0 amide bonds. The molecule has 0 aromatic heterocycles. The third-order valence-electron chi connectivity index (χ3n) is 7.76. The van der Waals surface area contributed by atoms with Gasteiger partial charge in [0.05, 0.1) is 6.61 Å². The predicted molar refractivity (Wildman–Crippen MR) is 158 cm³/mol. The maximum atomic E-state index is 11.1. The molecule has 8 heteroatoms. The summed E-state index contributed by atoms with van der Waals surface area (Å²) in [5.41, 5.74) is 6.95. The van der Waals surface area contributed by atoms with Crippen LogP contribution in [0.15, 0.2) is 84.2 Å². The summed E-state index contributed by atoms with van der Waals surface area (Å²) in [5.74, 6) is 0. The summed E-state index contributed by atoms with van der Waals surface area (Å²) >= 11 is 0. The molecule has 0 aliphatic carbocycles. The molecule has 2 aliphatic rings. The lowest BCUT2D eigenvalue weighted by molar-refractivity contribution is 0.196. The number of phosphoric acid groups is 1. The van der Waals surface area contributed by atoms with Gasteiger partial charge in [0.1, 0.15) is 0 Å². The van der Waals surface area contributed by atoms with Crippen molar-refractivity contribution in [3.63, 3.8) is 0 Å². The lowest BCUT2D eigenvalue weighted by Gasteiger charge is -2.27. The van der Waals surface area contributed by atoms with E-state index in [0.29, 0.717) is 19.4 Å². The number of hydrogen-bond donors (Lipinski definition) is 3. The Morgan fingerprint density at radius 3 is 1.97 bits per heavy atom. The Hall–Kier alpha value is -2.67. The zero-order valence-electron chi connectivity index (χ0n) is 23.4. The van der Waals surface area contributed by atoms with Crippen LogP contribution in [0.2, 0.25) is 0 Å². The maximum absolute atomic E-state index is 11.1. The van der Waals surface area contributed by atoms with E-state index in [1.54, 1.807) is 0 Å². The Bertz CT molecular complexity index is 1310. The van der Waals surface area contributed by atoms with Crippen molar-refractivity contribution in [2.75, 3.05) is 36.1 Å². The molecular weight excluding hydrogens is 511 g/mol. The van der Waals surface area contributed by atoms with Crippen molar-refractivity contribution in [1.82, 2.24) is 0 Å². The zero-order chi connectivity index (χ0) is 28.3. The summed E-state index contributed by atoms with van der Waals surface area (Å²) in [7, 11) is -4.47. The van der Waals surface area contributed by atoms with Crippen LogP contribution >= 0.6 is 7.82 Å². The number of aliphatic hydroxyl groups is 1. The average molecular weight is 553 g/mol. The molecule has 0 bridgehead atoms. The van der Waals surface area contributed by atoms with Crippen LogP contribution in [-0.2, 0) is 19.9 Å². The molecule has 39 heavy (non-hydrogen) atoms. The molecule has 0 spiro atoms. The van der Waals surface area contributed by atoms with Crippen LogP contribution in [0.1, 0.15) is 58.1 Å². The lowest BCUT2D eigenvalue weighted by atomic mass is 9.83. The van der Waals surface area contributed by atoms with Crippen LogP contribution in [-0.4, -0.2) is 41.2 Å². The van der Waals surface area contributed by atoms with Gasteiger partial charge in [0.2, 0.25) is 0 Å². The molecule has 0 radical (unpaired) electrons. The van der Waals surface area contributed by atoms with E-state index in [2.05, 4.69) is 109 Å². The highest BCUT2D eigenvalue weighted by Gasteiger charge is 2.40. The summed E-state index contributed by atoms with van der Waals surface area (Å²) in [6, 6.07) is 16.8. The van der Waals surface area contributed by atoms with Crippen molar-refractivity contribution in [3.8, 4) is 0 Å². The van der Waals surface area contributed by atoms with E-state index in [9.17, 15) is 9.67 Å². The van der Waals surface area contributed by atoms with E-state index < -0.39 is 7.82 Å². The van der Waals surface area contributed by atoms with Crippen molar-refractivity contribution in [2.45, 2.75) is 57.8 Å². The fourth-order valence-electron chi connectivity index (χ4n) is 5.88.